The van der Waals surface area contributed by atoms with Crippen LogP contribution in [0.2, 0.25) is 0 Å². The van der Waals surface area contributed by atoms with Gasteiger partial charge in [0.05, 0.1) is 6.10 Å². The van der Waals surface area contributed by atoms with Crippen LogP contribution in [0.1, 0.15) is 37.7 Å². The number of anilines is 1. The number of carbonyl (C=O) groups excluding carboxylic acids is 1. The number of amides is 1. The van der Waals surface area contributed by atoms with Crippen molar-refractivity contribution >= 4 is 17.7 Å². The van der Waals surface area contributed by atoms with E-state index in [1.165, 1.54) is 12.4 Å². The van der Waals surface area contributed by atoms with E-state index in [2.05, 4.69) is 15.3 Å². The van der Waals surface area contributed by atoms with E-state index in [4.69, 9.17) is 10.5 Å². The number of ether oxygens (including phenoxy) is 1. The highest BCUT2D eigenvalue weighted by Gasteiger charge is 2.66. The van der Waals surface area contributed by atoms with Gasteiger partial charge in [0.1, 0.15) is 5.54 Å². The summed E-state index contributed by atoms with van der Waals surface area (Å²) in [6, 6.07) is 0. The molecule has 1 aliphatic carbocycles. The molecule has 0 unspecified atom stereocenters. The second-order valence-corrected chi connectivity index (χ2v) is 5.82. The molecule has 1 fully saturated rings. The summed E-state index contributed by atoms with van der Waals surface area (Å²) in [6.07, 6.45) is 2.63. The Kier molecular flexibility index (Phi) is 4.06. The maximum atomic E-state index is 12.3. The minimum Gasteiger partial charge on any atom is -0.479 e. The lowest BCUT2D eigenvalue weighted by molar-refractivity contribution is -0.190. The summed E-state index contributed by atoms with van der Waals surface area (Å²) in [6.45, 7) is 5.83. The van der Waals surface area contributed by atoms with Crippen molar-refractivity contribution in [2.24, 2.45) is 5.41 Å². The fourth-order valence-corrected chi connectivity index (χ4v) is 2.81. The number of aromatic nitrogens is 2. The molecule has 0 bridgehead atoms. The molecule has 2 atom stereocenters. The fourth-order valence-electron chi connectivity index (χ4n) is 2.81. The predicted molar refractivity (Wildman–Crippen MR) is 78.1 cm³/mol. The second kappa shape index (κ2) is 5.53. The van der Waals surface area contributed by atoms with Crippen molar-refractivity contribution in [1.82, 2.24) is 15.3 Å². The topological polar surface area (TPSA) is 127 Å². The van der Waals surface area contributed by atoms with Gasteiger partial charge in [-0.05, 0) is 6.92 Å². The highest BCUT2D eigenvalue weighted by atomic mass is 16.5. The van der Waals surface area contributed by atoms with Crippen LogP contribution in [0, 0.1) is 5.41 Å². The van der Waals surface area contributed by atoms with Gasteiger partial charge in [0.2, 0.25) is 0 Å². The van der Waals surface area contributed by atoms with E-state index < -0.39 is 22.8 Å². The number of nitrogen functional groups attached to an aromatic ring is 1. The Bertz CT molecular complexity index is 604. The number of carboxylic acid groups (broad SMARTS) is 1. The van der Waals surface area contributed by atoms with Gasteiger partial charge in [-0.1, -0.05) is 13.8 Å². The quantitative estimate of drug-likeness (QED) is 0.720. The van der Waals surface area contributed by atoms with Crippen LogP contribution in [0.25, 0.3) is 0 Å². The monoisotopic (exact) mass is 308 g/mol. The summed E-state index contributed by atoms with van der Waals surface area (Å²) in [5.41, 5.74) is 3.34. The molecule has 0 spiro atoms. The van der Waals surface area contributed by atoms with Gasteiger partial charge in [-0.25, -0.2) is 14.8 Å². The van der Waals surface area contributed by atoms with Crippen molar-refractivity contribution in [3.8, 4) is 0 Å². The molecule has 4 N–H and O–H groups in total. The van der Waals surface area contributed by atoms with Crippen molar-refractivity contribution in [1.29, 1.82) is 0 Å². The Morgan fingerprint density at radius 3 is 2.59 bits per heavy atom. The highest BCUT2D eigenvalue weighted by Crippen LogP contribution is 2.51. The van der Waals surface area contributed by atoms with Gasteiger partial charge in [-0.3, -0.25) is 4.79 Å². The summed E-state index contributed by atoms with van der Waals surface area (Å²) in [5, 5.41) is 12.2. The van der Waals surface area contributed by atoms with Crippen LogP contribution in [0.5, 0.6) is 0 Å². The molecule has 1 aromatic heterocycles. The minimum atomic E-state index is -1.42. The molecule has 0 saturated heterocycles. The molecular formula is C14H20N4O4. The molecule has 0 aliphatic heterocycles. The van der Waals surface area contributed by atoms with Gasteiger partial charge in [-0.2, -0.15) is 0 Å². The lowest BCUT2D eigenvalue weighted by Crippen LogP contribution is -2.76. The highest BCUT2D eigenvalue weighted by molar-refractivity contribution is 6.00. The molecule has 1 amide bonds. The van der Waals surface area contributed by atoms with Crippen LogP contribution in [0.15, 0.2) is 12.4 Å². The third-order valence-electron chi connectivity index (χ3n) is 4.40. The number of hydrogen-bond donors (Lipinski definition) is 3. The number of nitrogens with two attached hydrogens (primary N) is 1. The summed E-state index contributed by atoms with van der Waals surface area (Å²) >= 11 is 0. The number of nitrogens with zero attached hydrogens (tertiary/aromatic N) is 2. The van der Waals surface area contributed by atoms with E-state index in [-0.39, 0.29) is 24.0 Å². The average molecular weight is 308 g/mol. The Morgan fingerprint density at radius 1 is 1.45 bits per heavy atom. The molecule has 1 aliphatic rings. The van der Waals surface area contributed by atoms with E-state index >= 15 is 0 Å². The van der Waals surface area contributed by atoms with Crippen molar-refractivity contribution in [3.63, 3.8) is 0 Å². The van der Waals surface area contributed by atoms with E-state index in [9.17, 15) is 14.7 Å². The lowest BCUT2D eigenvalue weighted by Gasteiger charge is -2.58. The molecule has 1 saturated carbocycles. The van der Waals surface area contributed by atoms with E-state index in [0.717, 1.165) is 0 Å². The Morgan fingerprint density at radius 2 is 2.09 bits per heavy atom. The van der Waals surface area contributed by atoms with Crippen LogP contribution < -0.4 is 11.1 Å². The standard InChI is InChI=1S/C14H20N4O4/c1-4-22-8-7-14(12(20)21,13(8,2)3)18-11(19)9-10(15)17-6-5-16-9/h5-6,8H,4,7H2,1-3H3,(H2,15,17)(H,18,19)(H,20,21)/t8-,14-/m0/s1. The van der Waals surface area contributed by atoms with Gasteiger partial charge in [0.25, 0.3) is 5.91 Å². The summed E-state index contributed by atoms with van der Waals surface area (Å²) in [5.74, 6) is -1.81. The first-order chi connectivity index (χ1) is 10.3. The molecule has 1 aromatic rings. The van der Waals surface area contributed by atoms with Crippen LogP contribution >= 0.6 is 0 Å². The first-order valence-corrected chi connectivity index (χ1v) is 7.00. The number of hydrogen-bond acceptors (Lipinski definition) is 6. The van der Waals surface area contributed by atoms with Gasteiger partial charge in [0.15, 0.2) is 11.5 Å². The van der Waals surface area contributed by atoms with Crippen LogP contribution in [-0.2, 0) is 9.53 Å². The van der Waals surface area contributed by atoms with Gasteiger partial charge < -0.3 is 20.9 Å². The smallest absolute Gasteiger partial charge is 0.330 e. The van der Waals surface area contributed by atoms with Gasteiger partial charge in [-0.15, -0.1) is 0 Å². The summed E-state index contributed by atoms with van der Waals surface area (Å²) < 4.78 is 5.54. The number of rotatable bonds is 5. The molecule has 8 heteroatoms. The summed E-state index contributed by atoms with van der Waals surface area (Å²) in [7, 11) is 0. The van der Waals surface area contributed by atoms with E-state index in [1.807, 2.05) is 6.92 Å². The van der Waals surface area contributed by atoms with Crippen molar-refractivity contribution in [3.05, 3.63) is 18.1 Å². The van der Waals surface area contributed by atoms with Crippen molar-refractivity contribution < 1.29 is 19.4 Å². The first kappa shape index (κ1) is 16.2. The average Bonchev–Trinajstić information content (AvgIpc) is 2.45. The maximum absolute atomic E-state index is 12.3. The van der Waals surface area contributed by atoms with Crippen molar-refractivity contribution in [2.75, 3.05) is 12.3 Å². The molecular weight excluding hydrogens is 288 g/mol. The predicted octanol–water partition coefficient (Wildman–Crippen LogP) is 0.447. The van der Waals surface area contributed by atoms with Crippen LogP contribution in [-0.4, -0.2) is 45.2 Å². The molecule has 0 aromatic carbocycles. The van der Waals surface area contributed by atoms with Crippen molar-refractivity contribution in [2.45, 2.75) is 38.8 Å². The zero-order valence-corrected chi connectivity index (χ0v) is 12.8. The van der Waals surface area contributed by atoms with Crippen LogP contribution in [0.4, 0.5) is 5.82 Å². The normalized spacial score (nSPS) is 26.0. The largest absolute Gasteiger partial charge is 0.479 e. The Balaban J connectivity index is 2.27. The number of nitrogens with one attached hydrogen (secondary N) is 1. The molecule has 120 valence electrons. The third kappa shape index (κ3) is 2.29. The first-order valence-electron chi connectivity index (χ1n) is 7.00. The molecule has 1 heterocycles. The molecule has 8 nitrogen and oxygen atoms in total. The minimum absolute atomic E-state index is 0.0426. The Hall–Kier alpha value is -2.22. The third-order valence-corrected chi connectivity index (χ3v) is 4.40. The van der Waals surface area contributed by atoms with Gasteiger partial charge >= 0.3 is 5.97 Å². The molecule has 0 radical (unpaired) electrons. The summed E-state index contributed by atoms with van der Waals surface area (Å²) in [4.78, 5) is 31.8. The zero-order valence-electron chi connectivity index (χ0n) is 12.8. The maximum Gasteiger partial charge on any atom is 0.330 e. The zero-order chi connectivity index (χ0) is 16.5. The number of carbonyl (C=O) groups is 2. The van der Waals surface area contributed by atoms with Gasteiger partial charge in [0, 0.05) is 30.8 Å². The number of aliphatic carboxylic acids is 1. The van der Waals surface area contributed by atoms with E-state index in [1.54, 1.807) is 13.8 Å². The fraction of sp³-hybridized carbons (Fsp3) is 0.571. The Labute approximate surface area is 128 Å². The lowest BCUT2D eigenvalue weighted by atomic mass is 9.54. The molecule has 22 heavy (non-hydrogen) atoms. The number of carboxylic acids is 1. The molecule has 2 rings (SSSR count). The van der Waals surface area contributed by atoms with Crippen LogP contribution in [0.3, 0.4) is 0 Å². The SMILES string of the molecule is CCO[C@H]1C[C@](NC(=O)c2nccnc2N)(C(=O)O)C1(C)C. The van der Waals surface area contributed by atoms with E-state index in [0.29, 0.717) is 6.61 Å². The second-order valence-electron chi connectivity index (χ2n) is 5.82.